The van der Waals surface area contributed by atoms with E-state index in [0.717, 1.165) is 18.4 Å². The van der Waals surface area contributed by atoms with E-state index in [4.69, 9.17) is 5.73 Å². The number of para-hydroxylation sites is 1. The molecule has 0 radical (unpaired) electrons. The Balaban J connectivity index is 1.77. The molecular formula is C24H24F3N5O. The first kappa shape index (κ1) is 23.7. The van der Waals surface area contributed by atoms with Gasteiger partial charge in [0.25, 0.3) is 0 Å². The lowest BCUT2D eigenvalue weighted by Gasteiger charge is -2.14. The number of hydrogen-bond donors (Lipinski definition) is 3. The second-order valence-electron chi connectivity index (χ2n) is 7.11. The number of ether oxygens (including phenoxy) is 1. The molecule has 2 aromatic carbocycles. The van der Waals surface area contributed by atoms with Crippen molar-refractivity contribution in [1.29, 1.82) is 0 Å². The van der Waals surface area contributed by atoms with Crippen molar-refractivity contribution in [2.75, 3.05) is 16.4 Å². The lowest BCUT2D eigenvalue weighted by Crippen LogP contribution is -2.18. The second-order valence-corrected chi connectivity index (χ2v) is 7.11. The minimum absolute atomic E-state index is 0.0461. The van der Waals surface area contributed by atoms with E-state index in [2.05, 4.69) is 37.2 Å². The third kappa shape index (κ3) is 7.61. The average Bonchev–Trinajstić information content (AvgIpc) is 2.78. The summed E-state index contributed by atoms with van der Waals surface area (Å²) in [5.74, 6) is 6.63. The van der Waals surface area contributed by atoms with Crippen LogP contribution in [0.4, 0.5) is 30.6 Å². The molecule has 0 aliphatic rings. The second kappa shape index (κ2) is 11.1. The summed E-state index contributed by atoms with van der Waals surface area (Å²) < 4.78 is 42.1. The highest BCUT2D eigenvalue weighted by atomic mass is 19.4. The quantitative estimate of drug-likeness (QED) is 0.314. The minimum atomic E-state index is -4.77. The molecule has 0 saturated heterocycles. The van der Waals surface area contributed by atoms with Gasteiger partial charge in [0, 0.05) is 30.8 Å². The number of unbranched alkanes of at least 4 members (excludes halogenated alkanes) is 1. The maximum Gasteiger partial charge on any atom is 0.573 e. The Morgan fingerprint density at radius 3 is 2.52 bits per heavy atom. The number of rotatable bonds is 8. The zero-order valence-electron chi connectivity index (χ0n) is 18.0. The molecule has 6 nitrogen and oxygen atoms in total. The number of hydrogen-bond acceptors (Lipinski definition) is 6. The van der Waals surface area contributed by atoms with Gasteiger partial charge in [-0.2, -0.15) is 4.98 Å². The molecule has 1 heterocycles. The number of halogens is 3. The average molecular weight is 455 g/mol. The molecule has 172 valence electrons. The van der Waals surface area contributed by atoms with Gasteiger partial charge < -0.3 is 21.1 Å². The molecule has 33 heavy (non-hydrogen) atoms. The summed E-state index contributed by atoms with van der Waals surface area (Å²) in [5, 5.41) is 6.20. The van der Waals surface area contributed by atoms with Gasteiger partial charge in [-0.05, 0) is 30.2 Å². The maximum atomic E-state index is 12.7. The van der Waals surface area contributed by atoms with Crippen LogP contribution in [0.2, 0.25) is 0 Å². The Bertz CT molecular complexity index is 1120. The molecular weight excluding hydrogens is 431 g/mol. The highest BCUT2D eigenvalue weighted by Crippen LogP contribution is 2.26. The van der Waals surface area contributed by atoms with Gasteiger partial charge in [-0.1, -0.05) is 49.1 Å². The number of benzene rings is 2. The van der Waals surface area contributed by atoms with Crippen LogP contribution in [-0.2, 0) is 13.1 Å². The molecule has 0 unspecified atom stereocenters. The molecule has 0 spiro atoms. The molecule has 0 saturated carbocycles. The highest BCUT2D eigenvalue weighted by molar-refractivity contribution is 5.56. The molecule has 3 aromatic rings. The van der Waals surface area contributed by atoms with Crippen molar-refractivity contribution >= 4 is 17.5 Å². The summed E-state index contributed by atoms with van der Waals surface area (Å²) in [6.07, 6.45) is -1.51. The van der Waals surface area contributed by atoms with Gasteiger partial charge in [0.2, 0.25) is 5.95 Å². The van der Waals surface area contributed by atoms with E-state index in [1.54, 1.807) is 18.3 Å². The predicted octanol–water partition coefficient (Wildman–Crippen LogP) is 5.33. The first-order valence-electron chi connectivity index (χ1n) is 10.4. The number of nitrogens with one attached hydrogen (secondary N) is 2. The largest absolute Gasteiger partial charge is 0.573 e. The monoisotopic (exact) mass is 455 g/mol. The van der Waals surface area contributed by atoms with E-state index in [1.807, 2.05) is 31.2 Å². The Labute approximate surface area is 190 Å². The maximum absolute atomic E-state index is 12.7. The van der Waals surface area contributed by atoms with Crippen LogP contribution in [0.5, 0.6) is 5.75 Å². The standard InChI is InChI=1S/C24H24F3N5O/c1-2-3-4-8-19-16-31-23(32-22(19)29-14-17-10-12-20(28)13-11-17)30-15-18-7-5-6-9-21(18)33-24(25,26)27/h5-7,9-13,16H,2-3,14-15,28H2,1H3,(H2,29,30,31,32). The van der Waals surface area contributed by atoms with Crippen molar-refractivity contribution < 1.29 is 17.9 Å². The molecule has 1 aromatic heterocycles. The minimum Gasteiger partial charge on any atom is -0.405 e. The van der Waals surface area contributed by atoms with Crippen LogP contribution in [0.25, 0.3) is 0 Å². The first-order valence-corrected chi connectivity index (χ1v) is 10.4. The van der Waals surface area contributed by atoms with Crippen molar-refractivity contribution in [2.45, 2.75) is 39.2 Å². The summed E-state index contributed by atoms with van der Waals surface area (Å²) in [7, 11) is 0. The fourth-order valence-electron chi connectivity index (χ4n) is 2.85. The topological polar surface area (TPSA) is 85.1 Å². The lowest BCUT2D eigenvalue weighted by atomic mass is 10.2. The summed E-state index contributed by atoms with van der Waals surface area (Å²) in [6, 6.07) is 13.3. The zero-order valence-corrected chi connectivity index (χ0v) is 18.0. The van der Waals surface area contributed by atoms with E-state index in [1.165, 1.54) is 12.1 Å². The van der Waals surface area contributed by atoms with Crippen molar-refractivity contribution in [2.24, 2.45) is 0 Å². The van der Waals surface area contributed by atoms with Crippen LogP contribution < -0.4 is 21.1 Å². The smallest absolute Gasteiger partial charge is 0.405 e. The number of anilines is 3. The van der Waals surface area contributed by atoms with Crippen LogP contribution in [0.3, 0.4) is 0 Å². The number of nitrogens with two attached hydrogens (primary N) is 1. The number of aromatic nitrogens is 2. The number of nitrogens with zero attached hydrogens (tertiary/aromatic N) is 2. The Morgan fingerprint density at radius 2 is 1.79 bits per heavy atom. The van der Waals surface area contributed by atoms with Crippen molar-refractivity contribution in [3.8, 4) is 17.6 Å². The third-order valence-corrected chi connectivity index (χ3v) is 4.46. The van der Waals surface area contributed by atoms with Crippen molar-refractivity contribution in [3.05, 3.63) is 71.4 Å². The van der Waals surface area contributed by atoms with E-state index in [0.29, 0.717) is 29.2 Å². The highest BCUT2D eigenvalue weighted by Gasteiger charge is 2.31. The van der Waals surface area contributed by atoms with Crippen LogP contribution in [0.1, 0.15) is 36.5 Å². The van der Waals surface area contributed by atoms with E-state index in [9.17, 15) is 13.2 Å². The molecule has 0 atom stereocenters. The van der Waals surface area contributed by atoms with Gasteiger partial charge >= 0.3 is 6.36 Å². The lowest BCUT2D eigenvalue weighted by molar-refractivity contribution is -0.274. The van der Waals surface area contributed by atoms with Gasteiger partial charge in [0.05, 0.1) is 11.8 Å². The first-order chi connectivity index (χ1) is 15.8. The molecule has 0 fully saturated rings. The number of nitrogen functional groups attached to an aromatic ring is 1. The molecule has 0 bridgehead atoms. The van der Waals surface area contributed by atoms with Crippen LogP contribution in [-0.4, -0.2) is 16.3 Å². The molecule has 0 aliphatic heterocycles. The van der Waals surface area contributed by atoms with E-state index >= 15 is 0 Å². The summed E-state index contributed by atoms with van der Waals surface area (Å²) in [6.45, 7) is 2.57. The van der Waals surface area contributed by atoms with E-state index in [-0.39, 0.29) is 18.2 Å². The van der Waals surface area contributed by atoms with Crippen molar-refractivity contribution in [1.82, 2.24) is 9.97 Å². The molecule has 0 aliphatic carbocycles. The fraction of sp³-hybridized carbons (Fsp3) is 0.250. The van der Waals surface area contributed by atoms with Gasteiger partial charge in [0.1, 0.15) is 11.6 Å². The molecule has 9 heteroatoms. The SMILES string of the molecule is CCCC#Cc1cnc(NCc2ccccc2OC(F)(F)F)nc1NCc1ccc(N)cc1. The normalized spacial score (nSPS) is 10.8. The van der Waals surface area contributed by atoms with Crippen LogP contribution in [0, 0.1) is 11.8 Å². The predicted molar refractivity (Wildman–Crippen MR) is 122 cm³/mol. The van der Waals surface area contributed by atoms with Crippen LogP contribution in [0.15, 0.2) is 54.7 Å². The van der Waals surface area contributed by atoms with Gasteiger partial charge in [-0.15, -0.1) is 13.2 Å². The van der Waals surface area contributed by atoms with Crippen LogP contribution >= 0.6 is 0 Å². The third-order valence-electron chi connectivity index (χ3n) is 4.46. The van der Waals surface area contributed by atoms with Crippen molar-refractivity contribution in [3.63, 3.8) is 0 Å². The summed E-state index contributed by atoms with van der Waals surface area (Å²) in [5.41, 5.74) is 8.36. The van der Waals surface area contributed by atoms with E-state index < -0.39 is 6.36 Å². The molecule has 0 amide bonds. The summed E-state index contributed by atoms with van der Waals surface area (Å²) >= 11 is 0. The van der Waals surface area contributed by atoms with Gasteiger partial charge in [0.15, 0.2) is 0 Å². The van der Waals surface area contributed by atoms with Gasteiger partial charge in [-0.3, -0.25) is 0 Å². The Hall–Kier alpha value is -3.93. The molecule has 4 N–H and O–H groups in total. The molecule has 3 rings (SSSR count). The fourth-order valence-corrected chi connectivity index (χ4v) is 2.85. The Kier molecular flexibility index (Phi) is 7.97. The Morgan fingerprint density at radius 1 is 1.03 bits per heavy atom. The number of alkyl halides is 3. The van der Waals surface area contributed by atoms with Gasteiger partial charge in [-0.25, -0.2) is 4.98 Å². The zero-order chi connectivity index (χ0) is 23.7. The summed E-state index contributed by atoms with van der Waals surface area (Å²) in [4.78, 5) is 8.74.